The van der Waals surface area contributed by atoms with Crippen LogP contribution in [0.2, 0.25) is 0 Å². The van der Waals surface area contributed by atoms with Crippen molar-refractivity contribution >= 4 is 17.6 Å². The van der Waals surface area contributed by atoms with Gasteiger partial charge in [-0.2, -0.15) is 0 Å². The molecule has 0 saturated carbocycles. The minimum atomic E-state index is -0.917. The highest BCUT2D eigenvalue weighted by atomic mass is 16.7. The Bertz CT molecular complexity index is 1020. The van der Waals surface area contributed by atoms with Crippen LogP contribution in [0.1, 0.15) is 55.3 Å². The fourth-order valence-corrected chi connectivity index (χ4v) is 4.32. The van der Waals surface area contributed by atoms with Gasteiger partial charge in [-0.05, 0) is 36.7 Å². The molecule has 8 heteroatoms. The maximum Gasteiger partial charge on any atom is 0.303 e. The van der Waals surface area contributed by atoms with Gasteiger partial charge in [-0.25, -0.2) is 0 Å². The van der Waals surface area contributed by atoms with Crippen molar-refractivity contribution in [1.82, 2.24) is 4.90 Å². The summed E-state index contributed by atoms with van der Waals surface area (Å²) in [5, 5.41) is 21.0. The number of carboxylic acid groups (broad SMARTS) is 1. The van der Waals surface area contributed by atoms with E-state index < -0.39 is 12.3 Å². The van der Waals surface area contributed by atoms with Crippen LogP contribution in [0.15, 0.2) is 61.2 Å². The molecule has 0 spiro atoms. The van der Waals surface area contributed by atoms with Gasteiger partial charge in [-0.1, -0.05) is 49.4 Å². The van der Waals surface area contributed by atoms with Gasteiger partial charge in [-0.15, -0.1) is 6.58 Å². The van der Waals surface area contributed by atoms with Crippen molar-refractivity contribution in [3.63, 3.8) is 0 Å². The summed E-state index contributed by atoms with van der Waals surface area (Å²) in [6, 6.07) is 15.1. The lowest BCUT2D eigenvalue weighted by Crippen LogP contribution is -2.43. The Morgan fingerprint density at radius 3 is 2.53 bits per heavy atom. The van der Waals surface area contributed by atoms with Gasteiger partial charge < -0.3 is 29.9 Å². The van der Waals surface area contributed by atoms with Gasteiger partial charge in [0.05, 0.1) is 18.8 Å². The van der Waals surface area contributed by atoms with E-state index in [-0.39, 0.29) is 49.9 Å². The largest absolute Gasteiger partial charge is 0.481 e. The van der Waals surface area contributed by atoms with Gasteiger partial charge in [0.2, 0.25) is 5.91 Å². The molecule has 1 aliphatic rings. The number of ether oxygens (including phenoxy) is 2. The number of nitrogens with one attached hydrogen (secondary N) is 1. The maximum absolute atomic E-state index is 12.3. The summed E-state index contributed by atoms with van der Waals surface area (Å²) in [5.74, 6) is -1.09. The van der Waals surface area contributed by atoms with Gasteiger partial charge in [0.15, 0.2) is 6.29 Å². The zero-order valence-corrected chi connectivity index (χ0v) is 20.9. The van der Waals surface area contributed by atoms with E-state index in [1.165, 1.54) is 0 Å². The van der Waals surface area contributed by atoms with Gasteiger partial charge in [0, 0.05) is 43.1 Å². The number of aliphatic carboxylic acids is 1. The number of hydrogen-bond donors (Lipinski definition) is 3. The smallest absolute Gasteiger partial charge is 0.303 e. The number of amides is 1. The summed E-state index contributed by atoms with van der Waals surface area (Å²) in [7, 11) is 2.02. The van der Waals surface area contributed by atoms with Crippen molar-refractivity contribution < 1.29 is 29.3 Å². The Kier molecular flexibility index (Phi) is 10.2. The molecule has 0 bridgehead atoms. The SMILES string of the molecule is C=CCN(C)CC1OC(c2cccc(NC(=O)CCCC(=O)O)c2)OC(c2ccc(CO)cc2)C1C. The van der Waals surface area contributed by atoms with Gasteiger partial charge >= 0.3 is 5.97 Å². The number of carboxylic acids is 1. The zero-order valence-electron chi connectivity index (χ0n) is 20.9. The van der Waals surface area contributed by atoms with Crippen molar-refractivity contribution in [2.24, 2.45) is 5.92 Å². The number of rotatable bonds is 12. The molecule has 2 aromatic rings. The van der Waals surface area contributed by atoms with E-state index in [2.05, 4.69) is 23.7 Å². The van der Waals surface area contributed by atoms with Gasteiger partial charge in [0.1, 0.15) is 0 Å². The first-order valence-electron chi connectivity index (χ1n) is 12.2. The first-order chi connectivity index (χ1) is 17.3. The number of nitrogens with zero attached hydrogens (tertiary/aromatic N) is 1. The lowest BCUT2D eigenvalue weighted by Gasteiger charge is -2.42. The molecule has 1 aliphatic heterocycles. The van der Waals surface area contributed by atoms with Crippen LogP contribution >= 0.6 is 0 Å². The molecule has 1 heterocycles. The van der Waals surface area contributed by atoms with Crippen LogP contribution < -0.4 is 5.32 Å². The lowest BCUT2D eigenvalue weighted by molar-refractivity contribution is -0.275. The van der Waals surface area contributed by atoms with E-state index in [0.29, 0.717) is 12.2 Å². The summed E-state index contributed by atoms with van der Waals surface area (Å²) in [5.41, 5.74) is 3.22. The Balaban J connectivity index is 1.80. The van der Waals surface area contributed by atoms with Crippen LogP contribution in [0.3, 0.4) is 0 Å². The van der Waals surface area contributed by atoms with E-state index in [1.54, 1.807) is 6.07 Å². The molecule has 4 unspecified atom stereocenters. The van der Waals surface area contributed by atoms with Crippen molar-refractivity contribution in [1.29, 1.82) is 0 Å². The topological polar surface area (TPSA) is 108 Å². The van der Waals surface area contributed by atoms with E-state index >= 15 is 0 Å². The predicted molar refractivity (Wildman–Crippen MR) is 137 cm³/mol. The molecule has 36 heavy (non-hydrogen) atoms. The van der Waals surface area contributed by atoms with E-state index in [1.807, 2.05) is 55.6 Å². The van der Waals surface area contributed by atoms with Gasteiger partial charge in [0.25, 0.3) is 0 Å². The van der Waals surface area contributed by atoms with Crippen molar-refractivity contribution in [3.05, 3.63) is 77.9 Å². The maximum atomic E-state index is 12.3. The van der Waals surface area contributed by atoms with Crippen LogP contribution in [0, 0.1) is 5.92 Å². The molecule has 4 atom stereocenters. The molecule has 8 nitrogen and oxygen atoms in total. The Labute approximate surface area is 212 Å². The highest BCUT2D eigenvalue weighted by Gasteiger charge is 2.38. The molecular weight excluding hydrogens is 460 g/mol. The fourth-order valence-electron chi connectivity index (χ4n) is 4.32. The van der Waals surface area contributed by atoms with Crippen LogP contribution in [0.4, 0.5) is 5.69 Å². The second-order valence-electron chi connectivity index (χ2n) is 9.25. The third kappa shape index (κ3) is 7.73. The minimum absolute atomic E-state index is 0.0170. The molecule has 0 radical (unpaired) electrons. The van der Waals surface area contributed by atoms with Crippen LogP contribution in [-0.4, -0.2) is 53.2 Å². The fraction of sp³-hybridized carbons (Fsp3) is 0.429. The number of aliphatic hydroxyl groups is 1. The molecule has 3 N–H and O–H groups in total. The standard InChI is InChI=1S/C28H36N2O6/c1-4-15-30(3)17-24-19(2)27(21-13-11-20(18-31)12-14-21)36-28(35-24)22-7-5-8-23(16-22)29-25(32)9-6-10-26(33)34/h4-5,7-8,11-14,16,19,24,27-28,31H,1,6,9-10,15,17-18H2,2-3H3,(H,29,32)(H,33,34). The lowest BCUT2D eigenvalue weighted by atomic mass is 9.90. The van der Waals surface area contributed by atoms with Gasteiger partial charge in [-0.3, -0.25) is 9.59 Å². The first-order valence-corrected chi connectivity index (χ1v) is 12.2. The van der Waals surface area contributed by atoms with E-state index in [4.69, 9.17) is 14.6 Å². The normalized spacial score (nSPS) is 21.8. The summed E-state index contributed by atoms with van der Waals surface area (Å²) in [6.45, 7) is 7.34. The number of hydrogen-bond acceptors (Lipinski definition) is 6. The molecule has 194 valence electrons. The number of benzene rings is 2. The summed E-state index contributed by atoms with van der Waals surface area (Å²) in [6.07, 6.45) is 1.23. The van der Waals surface area contributed by atoms with Crippen LogP contribution in [-0.2, 0) is 25.7 Å². The van der Waals surface area contributed by atoms with Crippen molar-refractivity contribution in [3.8, 4) is 0 Å². The third-order valence-corrected chi connectivity index (χ3v) is 6.29. The quantitative estimate of drug-likeness (QED) is 0.376. The number of anilines is 1. The summed E-state index contributed by atoms with van der Waals surface area (Å²) < 4.78 is 12.9. The number of carbonyl (C=O) groups excluding carboxylic acids is 1. The highest BCUT2D eigenvalue weighted by Crippen LogP contribution is 2.42. The average molecular weight is 497 g/mol. The minimum Gasteiger partial charge on any atom is -0.481 e. The average Bonchev–Trinajstić information content (AvgIpc) is 2.85. The molecule has 1 saturated heterocycles. The molecular formula is C28H36N2O6. The van der Waals surface area contributed by atoms with E-state index in [0.717, 1.165) is 23.2 Å². The number of aliphatic hydroxyl groups excluding tert-OH is 1. The van der Waals surface area contributed by atoms with Crippen molar-refractivity contribution in [2.75, 3.05) is 25.5 Å². The van der Waals surface area contributed by atoms with Crippen LogP contribution in [0.5, 0.6) is 0 Å². The first kappa shape index (κ1) is 27.5. The highest BCUT2D eigenvalue weighted by molar-refractivity contribution is 5.90. The zero-order chi connectivity index (χ0) is 26.1. The molecule has 3 rings (SSSR count). The molecule has 2 aromatic carbocycles. The molecule has 1 fully saturated rings. The monoisotopic (exact) mass is 496 g/mol. The Hall–Kier alpha value is -3.04. The Morgan fingerprint density at radius 1 is 1.11 bits per heavy atom. The molecule has 0 aromatic heterocycles. The summed E-state index contributed by atoms with van der Waals surface area (Å²) in [4.78, 5) is 25.1. The third-order valence-electron chi connectivity index (χ3n) is 6.29. The summed E-state index contributed by atoms with van der Waals surface area (Å²) >= 11 is 0. The number of likely N-dealkylation sites (N-methyl/N-ethyl adjacent to an activating group) is 1. The second kappa shape index (κ2) is 13.3. The Morgan fingerprint density at radius 2 is 1.86 bits per heavy atom. The second-order valence-corrected chi connectivity index (χ2v) is 9.25. The molecule has 0 aliphatic carbocycles. The predicted octanol–water partition coefficient (Wildman–Crippen LogP) is 4.28. The van der Waals surface area contributed by atoms with Crippen molar-refractivity contribution in [2.45, 2.75) is 51.3 Å². The molecule has 1 amide bonds. The van der Waals surface area contributed by atoms with E-state index in [9.17, 15) is 14.7 Å². The number of carbonyl (C=O) groups is 2. The van der Waals surface area contributed by atoms with Crippen LogP contribution in [0.25, 0.3) is 0 Å².